The van der Waals surface area contributed by atoms with Crippen LogP contribution in [0.4, 0.5) is 0 Å². The molecule has 11 aromatic carbocycles. The van der Waals surface area contributed by atoms with E-state index >= 15 is 0 Å². The van der Waals surface area contributed by atoms with Crippen molar-refractivity contribution in [2.75, 3.05) is 0 Å². The Labute approximate surface area is 454 Å². The van der Waals surface area contributed by atoms with Gasteiger partial charge in [0, 0.05) is 33.4 Å². The van der Waals surface area contributed by atoms with E-state index in [1.54, 1.807) is 0 Å². The number of hydrogen-bond acceptors (Lipinski definition) is 5. The fourth-order valence-corrected chi connectivity index (χ4v) is 10.2. The van der Waals surface area contributed by atoms with Crippen molar-refractivity contribution >= 4 is 0 Å². The SMILES string of the molecule is c1ccc(-c2cccc(-c3cc(-c4cccc(-c5ccccc5-c5cccc(-c6nc(-c7cccc(-c8ccccc8)c7)nc(-c7cccc(-c8ccccc8)c7)n6)c5)c4)nc(-c4cccc(-c5ccccc5)c4)n3)c2)cc1. The van der Waals surface area contributed by atoms with Crippen molar-refractivity contribution in [3.8, 4) is 135 Å². The Kier molecular flexibility index (Phi) is 13.0. The normalized spacial score (nSPS) is 11.1. The van der Waals surface area contributed by atoms with E-state index in [0.717, 1.165) is 112 Å². The molecule has 2 heterocycles. The van der Waals surface area contributed by atoms with E-state index in [1.807, 2.05) is 24.3 Å². The minimum atomic E-state index is 0.588. The second kappa shape index (κ2) is 21.4. The molecule has 2 aromatic heterocycles. The predicted molar refractivity (Wildman–Crippen MR) is 321 cm³/mol. The van der Waals surface area contributed by atoms with Gasteiger partial charge in [-0.15, -0.1) is 0 Å². The molecule has 5 heteroatoms. The monoisotopic (exact) mass is 995 g/mol. The highest BCUT2D eigenvalue weighted by molar-refractivity contribution is 5.87. The fourth-order valence-electron chi connectivity index (χ4n) is 10.2. The van der Waals surface area contributed by atoms with Crippen LogP contribution in [-0.4, -0.2) is 24.9 Å². The van der Waals surface area contributed by atoms with Crippen molar-refractivity contribution in [2.24, 2.45) is 0 Å². The number of nitrogens with zero attached hydrogens (tertiary/aromatic N) is 5. The molecule has 0 fully saturated rings. The average molecular weight is 996 g/mol. The van der Waals surface area contributed by atoms with Gasteiger partial charge in [0.1, 0.15) is 0 Å². The van der Waals surface area contributed by atoms with E-state index in [0.29, 0.717) is 23.3 Å². The van der Waals surface area contributed by atoms with Crippen LogP contribution in [0.25, 0.3) is 135 Å². The highest BCUT2D eigenvalue weighted by Crippen LogP contribution is 2.38. The Bertz CT molecular complexity index is 3780. The van der Waals surface area contributed by atoms with Gasteiger partial charge in [0.25, 0.3) is 0 Å². The smallest absolute Gasteiger partial charge is 0.164 e. The van der Waals surface area contributed by atoms with E-state index in [9.17, 15) is 0 Å². The second-order valence-electron chi connectivity index (χ2n) is 19.3. The third kappa shape index (κ3) is 10.1. The lowest BCUT2D eigenvalue weighted by atomic mass is 9.92. The topological polar surface area (TPSA) is 64.5 Å². The Hall–Kier alpha value is -10.5. The highest BCUT2D eigenvalue weighted by Gasteiger charge is 2.18. The summed E-state index contributed by atoms with van der Waals surface area (Å²) in [5, 5.41) is 0. The molecule has 366 valence electrons. The summed E-state index contributed by atoms with van der Waals surface area (Å²) in [4.78, 5) is 26.3. The predicted octanol–water partition coefficient (Wildman–Crippen LogP) is 18.7. The molecule has 5 nitrogen and oxygen atoms in total. The van der Waals surface area contributed by atoms with E-state index in [1.165, 1.54) is 0 Å². The maximum atomic E-state index is 5.34. The molecular formula is C73H49N5. The van der Waals surface area contributed by atoms with Gasteiger partial charge in [0.05, 0.1) is 11.4 Å². The van der Waals surface area contributed by atoms with Gasteiger partial charge in [-0.25, -0.2) is 24.9 Å². The summed E-state index contributed by atoms with van der Waals surface area (Å²) < 4.78 is 0. The van der Waals surface area contributed by atoms with Crippen molar-refractivity contribution < 1.29 is 0 Å². The van der Waals surface area contributed by atoms with Gasteiger partial charge >= 0.3 is 0 Å². The van der Waals surface area contributed by atoms with Crippen LogP contribution in [0.15, 0.2) is 297 Å². The van der Waals surface area contributed by atoms with Gasteiger partial charge in [-0.05, 0) is 109 Å². The van der Waals surface area contributed by atoms with E-state index in [-0.39, 0.29) is 0 Å². The Balaban J connectivity index is 0.897. The highest BCUT2D eigenvalue weighted by atomic mass is 15.0. The zero-order chi connectivity index (χ0) is 52.0. The van der Waals surface area contributed by atoms with Gasteiger partial charge < -0.3 is 0 Å². The van der Waals surface area contributed by atoms with Gasteiger partial charge in [0.2, 0.25) is 0 Å². The molecule has 0 aliphatic carbocycles. The first kappa shape index (κ1) is 47.2. The van der Waals surface area contributed by atoms with Gasteiger partial charge in [-0.3, -0.25) is 0 Å². The molecule has 78 heavy (non-hydrogen) atoms. The van der Waals surface area contributed by atoms with Gasteiger partial charge in [-0.1, -0.05) is 255 Å². The number of rotatable bonds is 12. The largest absolute Gasteiger partial charge is 0.228 e. The summed E-state index contributed by atoms with van der Waals surface area (Å²) in [5.41, 5.74) is 20.5. The first-order valence-electron chi connectivity index (χ1n) is 26.2. The molecule has 0 bridgehead atoms. The third-order valence-electron chi connectivity index (χ3n) is 14.1. The molecule has 0 N–H and O–H groups in total. The number of benzene rings is 11. The van der Waals surface area contributed by atoms with Crippen molar-refractivity contribution in [1.29, 1.82) is 0 Å². The second-order valence-corrected chi connectivity index (χ2v) is 19.3. The first-order chi connectivity index (χ1) is 38.6. The van der Waals surface area contributed by atoms with Crippen molar-refractivity contribution in [1.82, 2.24) is 24.9 Å². The Morgan fingerprint density at radius 1 is 0.141 bits per heavy atom. The summed E-state index contributed by atoms with van der Waals surface area (Å²) in [6, 6.07) is 104. The number of aromatic nitrogens is 5. The molecule has 0 radical (unpaired) electrons. The summed E-state index contributed by atoms with van der Waals surface area (Å²) in [6.45, 7) is 0. The number of hydrogen-bond donors (Lipinski definition) is 0. The quantitative estimate of drug-likeness (QED) is 0.122. The molecule has 0 atom stereocenters. The van der Waals surface area contributed by atoms with Crippen molar-refractivity contribution in [3.05, 3.63) is 297 Å². The van der Waals surface area contributed by atoms with Crippen LogP contribution in [0.1, 0.15) is 0 Å². The molecule has 0 aliphatic heterocycles. The third-order valence-corrected chi connectivity index (χ3v) is 14.1. The maximum absolute atomic E-state index is 5.34. The molecule has 0 saturated carbocycles. The van der Waals surface area contributed by atoms with Crippen molar-refractivity contribution in [2.45, 2.75) is 0 Å². The maximum Gasteiger partial charge on any atom is 0.164 e. The molecule has 0 aliphatic rings. The summed E-state index contributed by atoms with van der Waals surface area (Å²) in [6.07, 6.45) is 0. The summed E-state index contributed by atoms with van der Waals surface area (Å²) in [5.74, 6) is 2.45. The molecule has 0 amide bonds. The lowest BCUT2D eigenvalue weighted by molar-refractivity contribution is 1.07. The standard InChI is InChI=1S/C73H49N5/c1-5-21-50(22-6-1)54-29-15-35-60(43-54)68-49-69(75-70(74-68)62-37-16-30-55(44-62)51-23-7-2-8-24-51)61-36-19-33-58(47-61)66-41-13-14-42-67(66)59-34-20-40-65(48-59)73-77-71(63-38-17-31-56(45-63)52-25-9-3-10-26-52)76-72(78-73)64-39-18-32-57(46-64)53-27-11-4-12-28-53/h1-49H. The van der Waals surface area contributed by atoms with E-state index in [2.05, 4.69) is 273 Å². The lowest BCUT2D eigenvalue weighted by Gasteiger charge is -2.14. The molecule has 13 rings (SSSR count). The summed E-state index contributed by atoms with van der Waals surface area (Å²) >= 11 is 0. The van der Waals surface area contributed by atoms with E-state index in [4.69, 9.17) is 24.9 Å². The molecule has 0 saturated heterocycles. The van der Waals surface area contributed by atoms with Crippen LogP contribution in [0.2, 0.25) is 0 Å². The Morgan fingerprint density at radius 3 is 0.692 bits per heavy atom. The van der Waals surface area contributed by atoms with Crippen molar-refractivity contribution in [3.63, 3.8) is 0 Å². The average Bonchev–Trinajstić information content (AvgIpc) is 3.55. The molecule has 13 aromatic rings. The first-order valence-corrected chi connectivity index (χ1v) is 26.2. The lowest BCUT2D eigenvalue weighted by Crippen LogP contribution is -2.00. The van der Waals surface area contributed by atoms with Crippen LogP contribution >= 0.6 is 0 Å². The van der Waals surface area contributed by atoms with E-state index < -0.39 is 0 Å². The van der Waals surface area contributed by atoms with Crippen LogP contribution in [0, 0.1) is 0 Å². The zero-order valence-electron chi connectivity index (χ0n) is 42.5. The fraction of sp³-hybridized carbons (Fsp3) is 0. The molecular weight excluding hydrogens is 947 g/mol. The van der Waals surface area contributed by atoms with Crippen LogP contribution < -0.4 is 0 Å². The minimum absolute atomic E-state index is 0.588. The van der Waals surface area contributed by atoms with Crippen LogP contribution in [0.5, 0.6) is 0 Å². The Morgan fingerprint density at radius 2 is 0.359 bits per heavy atom. The minimum Gasteiger partial charge on any atom is -0.228 e. The van der Waals surface area contributed by atoms with Gasteiger partial charge in [0.15, 0.2) is 23.3 Å². The zero-order valence-corrected chi connectivity index (χ0v) is 42.5. The molecule has 0 unspecified atom stereocenters. The van der Waals surface area contributed by atoms with Gasteiger partial charge in [-0.2, -0.15) is 0 Å². The van der Waals surface area contributed by atoms with Crippen LogP contribution in [-0.2, 0) is 0 Å². The molecule has 0 spiro atoms. The van der Waals surface area contributed by atoms with Crippen LogP contribution in [0.3, 0.4) is 0 Å². The summed E-state index contributed by atoms with van der Waals surface area (Å²) in [7, 11) is 0.